The molecule has 1 atom stereocenters. The number of anilines is 1. The summed E-state index contributed by atoms with van der Waals surface area (Å²) in [6.07, 6.45) is 6.50. The molecule has 14 heteroatoms. The zero-order valence-corrected chi connectivity index (χ0v) is 24.8. The summed E-state index contributed by atoms with van der Waals surface area (Å²) in [5, 5.41) is 35.4. The zero-order valence-electron chi connectivity index (χ0n) is 24.1. The van der Waals surface area contributed by atoms with Crippen molar-refractivity contribution in [3.8, 4) is 22.5 Å². The lowest BCUT2D eigenvalue weighted by atomic mass is 10.1. The van der Waals surface area contributed by atoms with Crippen LogP contribution in [-0.2, 0) is 16.0 Å². The van der Waals surface area contributed by atoms with Crippen LogP contribution in [0.15, 0.2) is 42.9 Å². The highest BCUT2D eigenvalue weighted by molar-refractivity contribution is 6.34. The minimum Gasteiger partial charge on any atom is -0.389 e. The molecule has 0 radical (unpaired) electrons. The SMILES string of the molecule is COCCOC[C@@H](O)Cn1cc(-c2cc(C)n3ncc(C(=O)Nc4cc(-c5nnn(C6CC6)n5)c(C)cc4Cl)c3c2)cn1. The number of aromatic nitrogens is 8. The summed E-state index contributed by atoms with van der Waals surface area (Å²) in [5.41, 5.74) is 5.61. The van der Waals surface area contributed by atoms with Gasteiger partial charge in [-0.2, -0.15) is 15.0 Å². The number of amides is 1. The van der Waals surface area contributed by atoms with E-state index in [-0.39, 0.29) is 19.1 Å². The third-order valence-corrected chi connectivity index (χ3v) is 7.57. The van der Waals surface area contributed by atoms with Crippen LogP contribution in [0.4, 0.5) is 5.69 Å². The van der Waals surface area contributed by atoms with Gasteiger partial charge in [-0.15, -0.1) is 10.2 Å². The van der Waals surface area contributed by atoms with Gasteiger partial charge in [0.05, 0.1) is 72.7 Å². The van der Waals surface area contributed by atoms with Gasteiger partial charge in [0.25, 0.3) is 5.91 Å². The zero-order chi connectivity index (χ0) is 30.1. The maximum absolute atomic E-state index is 13.6. The van der Waals surface area contributed by atoms with E-state index in [1.54, 1.807) is 39.4 Å². The monoisotopic (exact) mass is 605 g/mol. The standard InChI is InChI=1S/C29H32ClN9O4/c1-17-8-25(30)26(11-23(17)28-34-36-39(35-28)21-4-5-21)33-29(41)24-13-32-38-18(2)9-19(10-27(24)38)20-12-31-37(14-20)15-22(40)16-43-7-6-42-3/h8-14,21-22,40H,4-7,15-16H2,1-3H3,(H,33,41)/t22-/m0/s1. The van der Waals surface area contributed by atoms with Crippen molar-refractivity contribution in [3.05, 3.63) is 64.7 Å². The fourth-order valence-corrected chi connectivity index (χ4v) is 5.09. The minimum absolute atomic E-state index is 0.182. The topological polar surface area (TPSA) is 147 Å². The van der Waals surface area contributed by atoms with Crippen molar-refractivity contribution in [1.29, 1.82) is 0 Å². The summed E-state index contributed by atoms with van der Waals surface area (Å²) in [6.45, 7) is 5.18. The Hall–Kier alpha value is -4.17. The van der Waals surface area contributed by atoms with Crippen LogP contribution in [0.3, 0.4) is 0 Å². The number of methoxy groups -OCH3 is 1. The molecule has 0 unspecified atom stereocenters. The first kappa shape index (κ1) is 28.9. The van der Waals surface area contributed by atoms with E-state index < -0.39 is 6.10 Å². The summed E-state index contributed by atoms with van der Waals surface area (Å²) in [7, 11) is 1.60. The van der Waals surface area contributed by atoms with Crippen molar-refractivity contribution in [2.45, 2.75) is 45.4 Å². The Kier molecular flexibility index (Phi) is 8.21. The van der Waals surface area contributed by atoms with Crippen molar-refractivity contribution in [3.63, 3.8) is 0 Å². The van der Waals surface area contributed by atoms with Gasteiger partial charge in [-0.05, 0) is 67.3 Å². The Bertz CT molecular complexity index is 1770. The summed E-state index contributed by atoms with van der Waals surface area (Å²) >= 11 is 6.55. The lowest BCUT2D eigenvalue weighted by Crippen LogP contribution is -2.23. The highest BCUT2D eigenvalue weighted by Crippen LogP contribution is 2.35. The summed E-state index contributed by atoms with van der Waals surface area (Å²) in [4.78, 5) is 15.2. The number of carbonyl (C=O) groups is 1. The first-order chi connectivity index (χ1) is 20.8. The van der Waals surface area contributed by atoms with Crippen molar-refractivity contribution in [2.24, 2.45) is 0 Å². The van der Waals surface area contributed by atoms with Crippen LogP contribution in [-0.4, -0.2) is 83.6 Å². The van der Waals surface area contributed by atoms with E-state index >= 15 is 0 Å². The van der Waals surface area contributed by atoms with Crippen LogP contribution in [0.1, 0.15) is 40.5 Å². The predicted octanol–water partition coefficient (Wildman–Crippen LogP) is 3.73. The Morgan fingerprint density at radius 3 is 2.77 bits per heavy atom. The molecule has 0 bridgehead atoms. The number of pyridine rings is 1. The molecular formula is C29H32ClN9O4. The molecule has 224 valence electrons. The third-order valence-electron chi connectivity index (χ3n) is 7.25. The van der Waals surface area contributed by atoms with Gasteiger partial charge < -0.3 is 19.9 Å². The lowest BCUT2D eigenvalue weighted by molar-refractivity contribution is 0.00598. The van der Waals surface area contributed by atoms with Crippen LogP contribution in [0, 0.1) is 13.8 Å². The smallest absolute Gasteiger partial charge is 0.259 e. The molecule has 4 aromatic heterocycles. The number of benzene rings is 1. The Labute approximate surface area is 252 Å². The third kappa shape index (κ3) is 6.30. The van der Waals surface area contributed by atoms with Gasteiger partial charge in [0.2, 0.25) is 5.82 Å². The van der Waals surface area contributed by atoms with Gasteiger partial charge in [0, 0.05) is 30.1 Å². The van der Waals surface area contributed by atoms with E-state index in [0.717, 1.165) is 40.8 Å². The molecule has 5 aromatic rings. The molecule has 0 aliphatic heterocycles. The van der Waals surface area contributed by atoms with Crippen molar-refractivity contribution in [1.82, 2.24) is 39.6 Å². The van der Waals surface area contributed by atoms with Gasteiger partial charge in [0.1, 0.15) is 0 Å². The number of aliphatic hydroxyl groups is 1. The number of fused-ring (bicyclic) bond motifs is 1. The first-order valence-electron chi connectivity index (χ1n) is 14.0. The number of tetrazole rings is 1. The van der Waals surface area contributed by atoms with Crippen LogP contribution in [0.2, 0.25) is 5.02 Å². The maximum atomic E-state index is 13.6. The second-order valence-corrected chi connectivity index (χ2v) is 11.1. The van der Waals surface area contributed by atoms with Crippen LogP contribution < -0.4 is 5.32 Å². The summed E-state index contributed by atoms with van der Waals surface area (Å²) in [6, 6.07) is 7.73. The maximum Gasteiger partial charge on any atom is 0.259 e. The number of carbonyl (C=O) groups excluding carboxylic acids is 1. The second-order valence-electron chi connectivity index (χ2n) is 10.7. The number of ether oxygens (including phenoxy) is 2. The number of aliphatic hydroxyl groups excluding tert-OH is 1. The van der Waals surface area contributed by atoms with E-state index in [2.05, 4.69) is 30.9 Å². The van der Waals surface area contributed by atoms with Crippen molar-refractivity contribution in [2.75, 3.05) is 32.2 Å². The van der Waals surface area contributed by atoms with Crippen LogP contribution in [0.5, 0.6) is 0 Å². The van der Waals surface area contributed by atoms with E-state index in [9.17, 15) is 9.90 Å². The minimum atomic E-state index is -0.714. The van der Waals surface area contributed by atoms with E-state index in [0.29, 0.717) is 46.9 Å². The molecule has 13 nitrogen and oxygen atoms in total. The highest BCUT2D eigenvalue weighted by Gasteiger charge is 2.27. The summed E-state index contributed by atoms with van der Waals surface area (Å²) < 4.78 is 13.7. The fourth-order valence-electron chi connectivity index (χ4n) is 4.83. The number of hydrogen-bond donors (Lipinski definition) is 2. The quantitative estimate of drug-likeness (QED) is 0.203. The number of nitrogens with one attached hydrogen (secondary N) is 1. The fraction of sp³-hybridized carbons (Fsp3) is 0.379. The molecule has 1 saturated carbocycles. The molecule has 0 saturated heterocycles. The average molecular weight is 606 g/mol. The first-order valence-corrected chi connectivity index (χ1v) is 14.4. The highest BCUT2D eigenvalue weighted by atomic mass is 35.5. The number of rotatable bonds is 12. The van der Waals surface area contributed by atoms with Crippen LogP contribution in [0.25, 0.3) is 28.0 Å². The molecule has 1 aromatic carbocycles. The predicted molar refractivity (Wildman–Crippen MR) is 159 cm³/mol. The van der Waals surface area contributed by atoms with Crippen LogP contribution >= 0.6 is 11.6 Å². The number of nitrogens with zero attached hydrogens (tertiary/aromatic N) is 8. The summed E-state index contributed by atoms with van der Waals surface area (Å²) in [5.74, 6) is 0.129. The molecule has 0 spiro atoms. The number of halogens is 1. The number of hydrogen-bond acceptors (Lipinski definition) is 9. The van der Waals surface area contributed by atoms with Gasteiger partial charge in [-0.25, -0.2) is 4.52 Å². The van der Waals surface area contributed by atoms with Gasteiger partial charge in [-0.1, -0.05) is 11.6 Å². The molecule has 4 heterocycles. The molecule has 1 fully saturated rings. The second kappa shape index (κ2) is 12.2. The number of aryl methyl sites for hydroxylation is 2. The molecule has 2 N–H and O–H groups in total. The van der Waals surface area contributed by atoms with Crippen molar-refractivity contribution >= 4 is 28.7 Å². The van der Waals surface area contributed by atoms with E-state index in [4.69, 9.17) is 21.1 Å². The molecule has 1 aliphatic carbocycles. The lowest BCUT2D eigenvalue weighted by Gasteiger charge is -2.11. The van der Waals surface area contributed by atoms with Gasteiger partial charge in [0.15, 0.2) is 0 Å². The molecule has 43 heavy (non-hydrogen) atoms. The van der Waals surface area contributed by atoms with Gasteiger partial charge in [-0.3, -0.25) is 9.48 Å². The normalized spacial score (nSPS) is 14.0. The Balaban J connectivity index is 1.22. The molecular weight excluding hydrogens is 574 g/mol. The Morgan fingerprint density at radius 1 is 1.14 bits per heavy atom. The van der Waals surface area contributed by atoms with E-state index in [1.165, 1.54) is 6.20 Å². The Morgan fingerprint density at radius 2 is 1.98 bits per heavy atom. The molecule has 1 aliphatic rings. The molecule has 6 rings (SSSR count). The van der Waals surface area contributed by atoms with E-state index in [1.807, 2.05) is 32.2 Å². The van der Waals surface area contributed by atoms with Crippen molar-refractivity contribution < 1.29 is 19.4 Å². The average Bonchev–Trinajstić information content (AvgIpc) is 3.33. The largest absolute Gasteiger partial charge is 0.389 e. The molecule has 1 amide bonds. The van der Waals surface area contributed by atoms with Gasteiger partial charge >= 0.3 is 0 Å².